The van der Waals surface area contributed by atoms with Gasteiger partial charge in [0.25, 0.3) is 0 Å². The Bertz CT molecular complexity index is 354. The highest BCUT2D eigenvalue weighted by atomic mass is 16.2. The Morgan fingerprint density at radius 3 is 2.52 bits per heavy atom. The first-order valence-corrected chi connectivity index (χ1v) is 9.03. The highest BCUT2D eigenvalue weighted by Gasteiger charge is 2.39. The van der Waals surface area contributed by atoms with E-state index in [1.54, 1.807) is 0 Å². The van der Waals surface area contributed by atoms with E-state index in [9.17, 15) is 4.79 Å². The number of rotatable bonds is 4. The summed E-state index contributed by atoms with van der Waals surface area (Å²) in [6, 6.07) is 0.981. The second-order valence-electron chi connectivity index (χ2n) is 7.17. The van der Waals surface area contributed by atoms with Crippen molar-refractivity contribution in [3.8, 4) is 0 Å². The highest BCUT2D eigenvalue weighted by molar-refractivity contribution is 5.77. The second-order valence-corrected chi connectivity index (χ2v) is 7.17. The number of hydrogen-bond acceptors (Lipinski definition) is 3. The molecule has 0 radical (unpaired) electrons. The van der Waals surface area contributed by atoms with Crippen LogP contribution >= 0.6 is 0 Å². The number of carbonyl (C=O) groups excluding carboxylic acids is 1. The topological polar surface area (TPSA) is 49.6 Å². The molecule has 0 aromatic rings. The number of nitrogens with zero attached hydrogens (tertiary/aromatic N) is 2. The van der Waals surface area contributed by atoms with Crippen LogP contribution in [0.25, 0.3) is 0 Å². The van der Waals surface area contributed by atoms with Crippen molar-refractivity contribution in [2.75, 3.05) is 26.2 Å². The lowest BCUT2D eigenvalue weighted by Gasteiger charge is -2.37. The van der Waals surface area contributed by atoms with Crippen molar-refractivity contribution >= 4 is 5.91 Å². The molecule has 3 rings (SSSR count). The van der Waals surface area contributed by atoms with Gasteiger partial charge >= 0.3 is 0 Å². The molecular weight excluding hydrogens is 262 g/mol. The van der Waals surface area contributed by atoms with Crippen LogP contribution in [0.4, 0.5) is 0 Å². The Balaban J connectivity index is 1.58. The van der Waals surface area contributed by atoms with Crippen molar-refractivity contribution in [1.29, 1.82) is 0 Å². The summed E-state index contributed by atoms with van der Waals surface area (Å²) in [5, 5.41) is 0. The molecule has 3 atom stereocenters. The van der Waals surface area contributed by atoms with Crippen LogP contribution in [0.2, 0.25) is 0 Å². The maximum Gasteiger partial charge on any atom is 0.224 e. The average Bonchev–Trinajstić information content (AvgIpc) is 2.97. The molecule has 2 aliphatic heterocycles. The minimum atomic E-state index is 0.271. The molecule has 1 aliphatic carbocycles. The summed E-state index contributed by atoms with van der Waals surface area (Å²) in [5.74, 6) is 1.21. The SMILES string of the molecule is NCC(CC(=O)N1CCCCC1)N1CCC2CCCCC21. The van der Waals surface area contributed by atoms with Crippen molar-refractivity contribution in [2.45, 2.75) is 69.9 Å². The molecule has 3 fully saturated rings. The predicted molar refractivity (Wildman–Crippen MR) is 85.0 cm³/mol. The van der Waals surface area contributed by atoms with Gasteiger partial charge in [-0.3, -0.25) is 9.69 Å². The molecule has 0 aromatic carbocycles. The van der Waals surface area contributed by atoms with Gasteiger partial charge in [0.2, 0.25) is 5.91 Å². The summed E-state index contributed by atoms with van der Waals surface area (Å²) in [6.45, 7) is 3.71. The number of fused-ring (bicyclic) bond motifs is 1. The van der Waals surface area contributed by atoms with Crippen LogP contribution in [-0.2, 0) is 4.79 Å². The van der Waals surface area contributed by atoms with Gasteiger partial charge in [-0.25, -0.2) is 0 Å². The van der Waals surface area contributed by atoms with Crippen LogP contribution in [0, 0.1) is 5.92 Å². The number of carbonyl (C=O) groups is 1. The Hall–Kier alpha value is -0.610. The van der Waals surface area contributed by atoms with Crippen LogP contribution in [0.15, 0.2) is 0 Å². The molecule has 0 aromatic heterocycles. The van der Waals surface area contributed by atoms with Gasteiger partial charge in [0.05, 0.1) is 0 Å². The van der Waals surface area contributed by atoms with Gasteiger partial charge < -0.3 is 10.6 Å². The number of likely N-dealkylation sites (tertiary alicyclic amines) is 2. The van der Waals surface area contributed by atoms with E-state index in [0.29, 0.717) is 24.9 Å². The summed E-state index contributed by atoms with van der Waals surface area (Å²) in [7, 11) is 0. The fourth-order valence-corrected chi connectivity index (χ4v) is 4.71. The van der Waals surface area contributed by atoms with E-state index in [0.717, 1.165) is 25.6 Å². The van der Waals surface area contributed by atoms with Gasteiger partial charge in [0.1, 0.15) is 0 Å². The zero-order chi connectivity index (χ0) is 14.7. The Morgan fingerprint density at radius 1 is 1.00 bits per heavy atom. The van der Waals surface area contributed by atoms with Gasteiger partial charge in [0, 0.05) is 38.1 Å². The largest absolute Gasteiger partial charge is 0.343 e. The molecule has 2 heterocycles. The molecule has 2 N–H and O–H groups in total. The molecule has 21 heavy (non-hydrogen) atoms. The molecule has 1 amide bonds. The average molecular weight is 293 g/mol. The molecule has 120 valence electrons. The first-order chi connectivity index (χ1) is 10.3. The zero-order valence-corrected chi connectivity index (χ0v) is 13.3. The van der Waals surface area contributed by atoms with Gasteiger partial charge in [-0.15, -0.1) is 0 Å². The van der Waals surface area contributed by atoms with Gasteiger partial charge in [-0.2, -0.15) is 0 Å². The summed E-state index contributed by atoms with van der Waals surface area (Å²) >= 11 is 0. The van der Waals surface area contributed by atoms with Crippen molar-refractivity contribution in [3.05, 3.63) is 0 Å². The maximum absolute atomic E-state index is 12.5. The molecule has 4 heteroatoms. The number of piperidine rings is 1. The molecule has 0 bridgehead atoms. The van der Waals surface area contributed by atoms with Crippen LogP contribution in [0.3, 0.4) is 0 Å². The van der Waals surface area contributed by atoms with Crippen LogP contribution in [-0.4, -0.2) is 54.0 Å². The minimum absolute atomic E-state index is 0.271. The van der Waals surface area contributed by atoms with E-state index in [-0.39, 0.29) is 6.04 Å². The van der Waals surface area contributed by atoms with Crippen LogP contribution in [0.5, 0.6) is 0 Å². The maximum atomic E-state index is 12.5. The van der Waals surface area contributed by atoms with Crippen molar-refractivity contribution in [3.63, 3.8) is 0 Å². The third kappa shape index (κ3) is 3.42. The van der Waals surface area contributed by atoms with Crippen molar-refractivity contribution in [2.24, 2.45) is 11.7 Å². The zero-order valence-electron chi connectivity index (χ0n) is 13.3. The monoisotopic (exact) mass is 293 g/mol. The molecule has 4 nitrogen and oxygen atoms in total. The summed E-state index contributed by atoms with van der Waals surface area (Å²) in [5.41, 5.74) is 6.04. The summed E-state index contributed by atoms with van der Waals surface area (Å²) in [6.07, 6.45) is 11.0. The van der Waals surface area contributed by atoms with Crippen LogP contribution < -0.4 is 5.73 Å². The highest BCUT2D eigenvalue weighted by Crippen LogP contribution is 2.37. The fraction of sp³-hybridized carbons (Fsp3) is 0.941. The number of nitrogens with two attached hydrogens (primary N) is 1. The molecule has 2 saturated heterocycles. The second kappa shape index (κ2) is 7.10. The molecule has 3 unspecified atom stereocenters. The predicted octanol–water partition coefficient (Wildman–Crippen LogP) is 1.98. The molecule has 0 spiro atoms. The Labute approximate surface area is 129 Å². The summed E-state index contributed by atoms with van der Waals surface area (Å²) < 4.78 is 0. The quantitative estimate of drug-likeness (QED) is 0.862. The van der Waals surface area contributed by atoms with Gasteiger partial charge in [-0.05, 0) is 51.0 Å². The van der Waals surface area contributed by atoms with Crippen LogP contribution in [0.1, 0.15) is 57.8 Å². The van der Waals surface area contributed by atoms with Gasteiger partial charge in [0.15, 0.2) is 0 Å². The smallest absolute Gasteiger partial charge is 0.224 e. The third-order valence-corrected chi connectivity index (χ3v) is 5.91. The normalized spacial score (nSPS) is 32.0. The lowest BCUT2D eigenvalue weighted by Crippen LogP contribution is -2.48. The standard InChI is InChI=1S/C17H31N3O/c18-13-15(12-17(21)19-9-4-1-5-10-19)20-11-8-14-6-2-3-7-16(14)20/h14-16H,1-13,18H2. The fourth-order valence-electron chi connectivity index (χ4n) is 4.71. The Morgan fingerprint density at radius 2 is 1.76 bits per heavy atom. The molecule has 1 saturated carbocycles. The first kappa shape index (κ1) is 15.3. The van der Waals surface area contributed by atoms with E-state index in [1.807, 2.05) is 0 Å². The van der Waals surface area contributed by atoms with Crippen molar-refractivity contribution in [1.82, 2.24) is 9.80 Å². The molecule has 3 aliphatic rings. The van der Waals surface area contributed by atoms with E-state index in [1.165, 1.54) is 51.4 Å². The van der Waals surface area contributed by atoms with E-state index in [4.69, 9.17) is 5.73 Å². The number of hydrogen-bond donors (Lipinski definition) is 1. The van der Waals surface area contributed by atoms with E-state index in [2.05, 4.69) is 9.80 Å². The van der Waals surface area contributed by atoms with Crippen molar-refractivity contribution < 1.29 is 4.79 Å². The lowest BCUT2D eigenvalue weighted by atomic mass is 9.85. The third-order valence-electron chi connectivity index (χ3n) is 5.91. The number of amides is 1. The molecular formula is C17H31N3O. The first-order valence-electron chi connectivity index (χ1n) is 9.03. The van der Waals surface area contributed by atoms with Gasteiger partial charge in [-0.1, -0.05) is 12.8 Å². The van der Waals surface area contributed by atoms with E-state index >= 15 is 0 Å². The van der Waals surface area contributed by atoms with E-state index < -0.39 is 0 Å². The minimum Gasteiger partial charge on any atom is -0.343 e. The summed E-state index contributed by atoms with van der Waals surface area (Å²) in [4.78, 5) is 17.2. The Kier molecular flexibility index (Phi) is 5.17. The lowest BCUT2D eigenvalue weighted by molar-refractivity contribution is -0.133.